The molecule has 0 aliphatic carbocycles. The molecule has 2 heterocycles. The van der Waals surface area contributed by atoms with Gasteiger partial charge in [0.15, 0.2) is 9.84 Å². The van der Waals surface area contributed by atoms with Gasteiger partial charge in [-0.1, -0.05) is 0 Å². The molecule has 0 fully saturated rings. The maximum Gasteiger partial charge on any atom is 0.348 e. The molecule has 7 heteroatoms. The zero-order valence-electron chi connectivity index (χ0n) is 8.11. The van der Waals surface area contributed by atoms with Crippen LogP contribution in [0.15, 0.2) is 4.79 Å². The van der Waals surface area contributed by atoms with Crippen molar-refractivity contribution in [3.63, 3.8) is 0 Å². The molecule has 0 aromatic carbocycles. The smallest absolute Gasteiger partial charge is 0.348 e. The molecule has 1 aliphatic heterocycles. The highest BCUT2D eigenvalue weighted by atomic mass is 32.2. The molecular weight excluding hydrogens is 220 g/mol. The van der Waals surface area contributed by atoms with Crippen molar-refractivity contribution in [2.24, 2.45) is 0 Å². The Bertz CT molecular complexity index is 546. The maximum atomic E-state index is 11.3. The molecule has 0 radical (unpaired) electrons. The predicted octanol–water partition coefficient (Wildman–Crippen LogP) is -0.751. The number of nitrogens with zero attached hydrogens (tertiary/aromatic N) is 1. The van der Waals surface area contributed by atoms with Crippen LogP contribution in [0.2, 0.25) is 0 Å². The van der Waals surface area contributed by atoms with Crippen molar-refractivity contribution >= 4 is 9.84 Å². The van der Waals surface area contributed by atoms with Crippen molar-refractivity contribution in [2.75, 3.05) is 12.9 Å². The minimum Gasteiger partial charge on any atom is -0.481 e. The van der Waals surface area contributed by atoms with E-state index in [0.717, 1.165) is 0 Å². The van der Waals surface area contributed by atoms with Gasteiger partial charge in [0.2, 0.25) is 5.88 Å². The Morgan fingerprint density at radius 3 is 2.87 bits per heavy atom. The third-order valence-corrected chi connectivity index (χ3v) is 3.86. The molecule has 1 aromatic heterocycles. The lowest BCUT2D eigenvalue weighted by molar-refractivity contribution is 0.388. The molecule has 0 amide bonds. The zero-order valence-corrected chi connectivity index (χ0v) is 8.93. The summed E-state index contributed by atoms with van der Waals surface area (Å²) in [6.07, 6.45) is 0.338. The van der Waals surface area contributed by atoms with Crippen LogP contribution in [0.5, 0.6) is 5.88 Å². The first-order valence-electron chi connectivity index (χ1n) is 4.38. The van der Waals surface area contributed by atoms with Gasteiger partial charge in [0, 0.05) is 11.3 Å². The van der Waals surface area contributed by atoms with Gasteiger partial charge in [0.25, 0.3) is 0 Å². The highest BCUT2D eigenvalue weighted by Crippen LogP contribution is 2.23. The van der Waals surface area contributed by atoms with E-state index in [-0.39, 0.29) is 17.4 Å². The van der Waals surface area contributed by atoms with Crippen molar-refractivity contribution < 1.29 is 13.2 Å². The summed E-state index contributed by atoms with van der Waals surface area (Å²) in [5.41, 5.74) is 0.507. The number of aromatic nitrogens is 2. The summed E-state index contributed by atoms with van der Waals surface area (Å²) >= 11 is 0. The van der Waals surface area contributed by atoms with Crippen LogP contribution in [0, 0.1) is 0 Å². The first-order chi connectivity index (χ1) is 7.02. The molecule has 0 bridgehead atoms. The van der Waals surface area contributed by atoms with Crippen molar-refractivity contribution in [2.45, 2.75) is 12.2 Å². The van der Waals surface area contributed by atoms with Gasteiger partial charge in [-0.3, -0.25) is 0 Å². The van der Waals surface area contributed by atoms with E-state index in [9.17, 15) is 13.2 Å². The van der Waals surface area contributed by atoms with Crippen LogP contribution in [0.3, 0.4) is 0 Å². The minimum atomic E-state index is -3.09. The number of nitrogens with one attached hydrogen (secondary N) is 1. The number of ether oxygens (including phenoxy) is 1. The summed E-state index contributed by atoms with van der Waals surface area (Å²) in [6.45, 7) is 0. The van der Waals surface area contributed by atoms with Gasteiger partial charge in [-0.25, -0.2) is 13.2 Å². The second-order valence-corrected chi connectivity index (χ2v) is 5.53. The molecule has 82 valence electrons. The van der Waals surface area contributed by atoms with Crippen molar-refractivity contribution in [3.05, 3.63) is 21.7 Å². The largest absolute Gasteiger partial charge is 0.481 e. The molecule has 0 saturated carbocycles. The van der Waals surface area contributed by atoms with Gasteiger partial charge in [0.1, 0.15) is 0 Å². The highest BCUT2D eigenvalue weighted by Gasteiger charge is 2.25. The van der Waals surface area contributed by atoms with E-state index in [0.29, 0.717) is 17.7 Å². The lowest BCUT2D eigenvalue weighted by atomic mass is 10.2. The average Bonchev–Trinajstić information content (AvgIpc) is 2.14. The monoisotopic (exact) mass is 230 g/mol. The number of methoxy groups -OCH3 is 1. The summed E-state index contributed by atoms with van der Waals surface area (Å²) in [6, 6.07) is 0. The van der Waals surface area contributed by atoms with Gasteiger partial charge in [-0.2, -0.15) is 4.98 Å². The van der Waals surface area contributed by atoms with Crippen LogP contribution < -0.4 is 10.4 Å². The summed E-state index contributed by atoms with van der Waals surface area (Å²) < 4.78 is 27.6. The molecule has 1 aromatic rings. The lowest BCUT2D eigenvalue weighted by Crippen LogP contribution is -2.26. The van der Waals surface area contributed by atoms with E-state index < -0.39 is 15.5 Å². The number of fused-ring (bicyclic) bond motifs is 1. The Labute approximate surface area is 86.2 Å². The van der Waals surface area contributed by atoms with Crippen LogP contribution in [0.25, 0.3) is 0 Å². The first-order valence-corrected chi connectivity index (χ1v) is 6.20. The Morgan fingerprint density at radius 2 is 2.20 bits per heavy atom. The van der Waals surface area contributed by atoms with E-state index in [1.807, 2.05) is 0 Å². The van der Waals surface area contributed by atoms with Crippen LogP contribution in [0.4, 0.5) is 0 Å². The molecule has 6 nitrogen and oxygen atoms in total. The minimum absolute atomic E-state index is 0.0735. The number of H-pyrrole nitrogens is 1. The van der Waals surface area contributed by atoms with Crippen molar-refractivity contribution in [1.29, 1.82) is 0 Å². The fourth-order valence-electron chi connectivity index (χ4n) is 1.62. The van der Waals surface area contributed by atoms with E-state index in [1.54, 1.807) is 0 Å². The molecule has 1 aliphatic rings. The topological polar surface area (TPSA) is 89.1 Å². The number of rotatable bonds is 1. The quantitative estimate of drug-likeness (QED) is 0.685. The highest BCUT2D eigenvalue weighted by molar-refractivity contribution is 7.90. The molecule has 1 N–H and O–H groups in total. The van der Waals surface area contributed by atoms with Crippen LogP contribution >= 0.6 is 0 Å². The van der Waals surface area contributed by atoms with Gasteiger partial charge < -0.3 is 9.72 Å². The van der Waals surface area contributed by atoms with E-state index >= 15 is 0 Å². The van der Waals surface area contributed by atoms with E-state index in [1.165, 1.54) is 7.11 Å². The van der Waals surface area contributed by atoms with Crippen LogP contribution in [-0.2, 0) is 22.0 Å². The second kappa shape index (κ2) is 3.34. The van der Waals surface area contributed by atoms with Crippen LogP contribution in [-0.4, -0.2) is 31.2 Å². The van der Waals surface area contributed by atoms with Crippen LogP contribution in [0.1, 0.15) is 11.3 Å². The normalized spacial score (nSPS) is 18.2. The molecule has 2 rings (SSSR count). The molecular formula is C8H10N2O4S. The van der Waals surface area contributed by atoms with Gasteiger partial charge in [0.05, 0.1) is 18.6 Å². The number of hydrogen-bond acceptors (Lipinski definition) is 5. The number of aromatic amines is 1. The summed E-state index contributed by atoms with van der Waals surface area (Å²) in [5, 5.41) is 0. The van der Waals surface area contributed by atoms with Gasteiger partial charge in [-0.15, -0.1) is 0 Å². The average molecular weight is 230 g/mol. The van der Waals surface area contributed by atoms with E-state index in [2.05, 4.69) is 9.97 Å². The molecule has 15 heavy (non-hydrogen) atoms. The van der Waals surface area contributed by atoms with Crippen molar-refractivity contribution in [1.82, 2.24) is 9.97 Å². The SMILES string of the molecule is COc1nc(=O)[nH]c2c1CCS(=O)(=O)C2. The zero-order chi connectivity index (χ0) is 11.1. The molecule has 0 saturated heterocycles. The fourth-order valence-corrected chi connectivity index (χ4v) is 2.97. The Balaban J connectivity index is 2.61. The fraction of sp³-hybridized carbons (Fsp3) is 0.500. The second-order valence-electron chi connectivity index (χ2n) is 3.35. The van der Waals surface area contributed by atoms with Crippen molar-refractivity contribution in [3.8, 4) is 5.88 Å². The Hall–Kier alpha value is -1.37. The first kappa shape index (κ1) is 10.2. The van der Waals surface area contributed by atoms with Gasteiger partial charge >= 0.3 is 5.69 Å². The van der Waals surface area contributed by atoms with E-state index in [4.69, 9.17) is 4.74 Å². The standard InChI is InChI=1S/C8H10N2O4S/c1-14-7-5-2-3-15(12,13)4-6(5)9-8(11)10-7/h2-4H2,1H3,(H,9,10,11). The predicted molar refractivity (Wildman–Crippen MR) is 52.6 cm³/mol. The molecule has 0 spiro atoms. The third kappa shape index (κ3) is 1.87. The maximum absolute atomic E-state index is 11.3. The number of hydrogen-bond donors (Lipinski definition) is 1. The molecule has 0 atom stereocenters. The third-order valence-electron chi connectivity index (χ3n) is 2.30. The molecule has 0 unspecified atom stereocenters. The lowest BCUT2D eigenvalue weighted by Gasteiger charge is -2.16. The summed E-state index contributed by atoms with van der Waals surface area (Å²) in [7, 11) is -1.68. The summed E-state index contributed by atoms with van der Waals surface area (Å²) in [4.78, 5) is 17.1. The Kier molecular flexibility index (Phi) is 2.26. The summed E-state index contributed by atoms with van der Waals surface area (Å²) in [5.74, 6) is 0.157. The Morgan fingerprint density at radius 1 is 1.47 bits per heavy atom. The van der Waals surface area contributed by atoms with Gasteiger partial charge in [-0.05, 0) is 6.42 Å². The number of sulfone groups is 1.